The molecule has 66 heavy (non-hydrogen) atoms. The van der Waals surface area contributed by atoms with E-state index in [0.717, 1.165) is 44.0 Å². The molecule has 1 atom stereocenters. The van der Waals surface area contributed by atoms with Gasteiger partial charge < -0.3 is 0 Å². The van der Waals surface area contributed by atoms with Crippen LogP contribution in [0.15, 0.2) is 231 Å². The van der Waals surface area contributed by atoms with Crippen LogP contribution >= 0.6 is 0 Å². The number of rotatable bonds is 6. The molecule has 0 N–H and O–H groups in total. The van der Waals surface area contributed by atoms with Crippen LogP contribution in [0.4, 0.5) is 0 Å². The second kappa shape index (κ2) is 14.8. The van der Waals surface area contributed by atoms with E-state index in [9.17, 15) is 0 Å². The van der Waals surface area contributed by atoms with Crippen LogP contribution < -0.4 is 0 Å². The van der Waals surface area contributed by atoms with E-state index >= 15 is 0 Å². The number of hydrogen-bond donors (Lipinski definition) is 0. The van der Waals surface area contributed by atoms with Gasteiger partial charge in [0.25, 0.3) is 0 Å². The summed E-state index contributed by atoms with van der Waals surface area (Å²) in [6.07, 6.45) is 6.58. The van der Waals surface area contributed by atoms with E-state index in [2.05, 4.69) is 196 Å². The van der Waals surface area contributed by atoms with Crippen LogP contribution in [0, 0.1) is 0 Å². The summed E-state index contributed by atoms with van der Waals surface area (Å²) in [5.74, 6) is 1.89. The van der Waals surface area contributed by atoms with E-state index in [1.54, 1.807) is 0 Å². The molecule has 2 aliphatic rings. The highest BCUT2D eigenvalue weighted by molar-refractivity contribution is 6.22. The van der Waals surface area contributed by atoms with Gasteiger partial charge in [-0.05, 0) is 106 Å². The third-order valence-corrected chi connectivity index (χ3v) is 14.0. The van der Waals surface area contributed by atoms with Crippen molar-refractivity contribution in [1.82, 2.24) is 15.0 Å². The van der Waals surface area contributed by atoms with Gasteiger partial charge in [0.15, 0.2) is 17.5 Å². The molecule has 0 fully saturated rings. The summed E-state index contributed by atoms with van der Waals surface area (Å²) in [5, 5.41) is 9.57. The quantitative estimate of drug-likeness (QED) is 0.157. The zero-order valence-electron chi connectivity index (χ0n) is 36.3. The van der Waals surface area contributed by atoms with Gasteiger partial charge in [-0.25, -0.2) is 15.0 Å². The fourth-order valence-electron chi connectivity index (χ4n) is 11.5. The van der Waals surface area contributed by atoms with Crippen LogP contribution in [0.1, 0.15) is 29.2 Å². The number of benzene rings is 10. The fourth-order valence-corrected chi connectivity index (χ4v) is 11.5. The van der Waals surface area contributed by atoms with E-state index in [0.29, 0.717) is 17.5 Å². The Hall–Kier alpha value is -8.53. The molecule has 0 aliphatic heterocycles. The third-order valence-electron chi connectivity index (χ3n) is 14.0. The molecule has 2 aliphatic carbocycles. The Morgan fingerprint density at radius 2 is 0.864 bits per heavy atom. The molecule has 0 amide bonds. The highest BCUT2D eigenvalue weighted by Crippen LogP contribution is 2.65. The smallest absolute Gasteiger partial charge is 0.165 e. The summed E-state index contributed by atoms with van der Waals surface area (Å²) < 4.78 is 0. The van der Waals surface area contributed by atoms with E-state index in [1.807, 2.05) is 36.4 Å². The van der Waals surface area contributed by atoms with Gasteiger partial charge in [-0.2, -0.15) is 0 Å². The molecule has 1 aromatic heterocycles. The molecule has 0 saturated heterocycles. The van der Waals surface area contributed by atoms with Crippen molar-refractivity contribution in [2.24, 2.45) is 0 Å². The van der Waals surface area contributed by atoms with Gasteiger partial charge in [0, 0.05) is 22.3 Å². The zero-order valence-corrected chi connectivity index (χ0v) is 36.3. The van der Waals surface area contributed by atoms with Crippen molar-refractivity contribution in [3.63, 3.8) is 0 Å². The first-order valence-electron chi connectivity index (χ1n) is 22.7. The first-order valence-corrected chi connectivity index (χ1v) is 22.7. The van der Waals surface area contributed by atoms with E-state index in [1.165, 1.54) is 71.5 Å². The van der Waals surface area contributed by atoms with Gasteiger partial charge in [-0.15, -0.1) is 0 Å². The summed E-state index contributed by atoms with van der Waals surface area (Å²) in [6, 6.07) is 72.2. The van der Waals surface area contributed by atoms with Crippen molar-refractivity contribution in [1.29, 1.82) is 0 Å². The second-order valence-corrected chi connectivity index (χ2v) is 17.3. The number of aromatic nitrogens is 3. The monoisotopic (exact) mass is 839 g/mol. The summed E-state index contributed by atoms with van der Waals surface area (Å²) in [7, 11) is 0. The van der Waals surface area contributed by atoms with Crippen molar-refractivity contribution in [2.45, 2.75) is 12.3 Å². The molecule has 1 spiro atoms. The Kier molecular flexibility index (Phi) is 8.50. The average Bonchev–Trinajstić information content (AvgIpc) is 3.85. The lowest BCUT2D eigenvalue weighted by Crippen LogP contribution is -2.27. The predicted octanol–water partition coefficient (Wildman–Crippen LogP) is 16.0. The van der Waals surface area contributed by atoms with Gasteiger partial charge in [0.1, 0.15) is 0 Å². The average molecular weight is 840 g/mol. The van der Waals surface area contributed by atoms with E-state index in [-0.39, 0.29) is 0 Å². The number of hydrogen-bond acceptors (Lipinski definition) is 3. The van der Waals surface area contributed by atoms with Gasteiger partial charge in [-0.3, -0.25) is 0 Å². The first kappa shape index (κ1) is 38.0. The molecule has 3 heteroatoms. The Balaban J connectivity index is 1.18. The molecule has 11 aromatic rings. The first-order chi connectivity index (χ1) is 32.7. The molecule has 0 saturated carbocycles. The largest absolute Gasteiger partial charge is 0.208 e. The van der Waals surface area contributed by atoms with Crippen LogP contribution in [-0.4, -0.2) is 15.0 Å². The SMILES string of the molecule is C=CC1=C(/C=C\C)c2ccc(-c3c(-c4nc(-c5ccccc5)nc(-c5ccccc5)n4)c4ccccc4c4ccccc34)cc2C12c1ccccc1-c1c2c2ccccc2c2ccccc12. The lowest BCUT2D eigenvalue weighted by atomic mass is 9.67. The maximum Gasteiger partial charge on any atom is 0.165 e. The Labute approximate surface area is 383 Å². The van der Waals surface area contributed by atoms with E-state index < -0.39 is 5.41 Å². The Morgan fingerprint density at radius 3 is 1.44 bits per heavy atom. The minimum atomic E-state index is -0.668. The third kappa shape index (κ3) is 5.28. The van der Waals surface area contributed by atoms with Crippen molar-refractivity contribution < 1.29 is 0 Å². The molecule has 1 unspecified atom stereocenters. The molecular formula is C63H41N3. The van der Waals surface area contributed by atoms with Crippen LogP contribution in [0.3, 0.4) is 0 Å². The van der Waals surface area contributed by atoms with Crippen molar-refractivity contribution in [2.75, 3.05) is 0 Å². The van der Waals surface area contributed by atoms with Crippen molar-refractivity contribution in [3.05, 3.63) is 253 Å². The molecular weight excluding hydrogens is 799 g/mol. The normalized spacial score (nSPS) is 15.0. The summed E-state index contributed by atoms with van der Waals surface area (Å²) in [4.78, 5) is 16.0. The van der Waals surface area contributed by atoms with E-state index in [4.69, 9.17) is 15.0 Å². The lowest BCUT2D eigenvalue weighted by molar-refractivity contribution is 0.795. The predicted molar refractivity (Wildman–Crippen MR) is 275 cm³/mol. The summed E-state index contributed by atoms with van der Waals surface area (Å²) in [5.41, 5.74) is 14.3. The molecule has 10 aromatic carbocycles. The van der Waals surface area contributed by atoms with Crippen molar-refractivity contribution in [3.8, 4) is 56.4 Å². The molecule has 0 radical (unpaired) electrons. The molecule has 0 bridgehead atoms. The molecule has 3 nitrogen and oxygen atoms in total. The van der Waals surface area contributed by atoms with Crippen LogP contribution in [0.25, 0.3) is 105 Å². The Bertz CT molecular complexity index is 3840. The van der Waals surface area contributed by atoms with Gasteiger partial charge in [0.2, 0.25) is 0 Å². The van der Waals surface area contributed by atoms with Gasteiger partial charge in [-0.1, -0.05) is 219 Å². The van der Waals surface area contributed by atoms with Crippen LogP contribution in [0.2, 0.25) is 0 Å². The number of fused-ring (bicyclic) bond motifs is 15. The Morgan fingerprint density at radius 1 is 0.394 bits per heavy atom. The lowest BCUT2D eigenvalue weighted by Gasteiger charge is -2.33. The second-order valence-electron chi connectivity index (χ2n) is 17.3. The standard InChI is InChI=1S/C63H41N3/c1-3-21-46-47-37-36-41(38-55(47)63(53(46)4-2)54-35-20-19-34-52(54)57-49-31-16-12-28-44(49)45-29-14-18-33-51(45)59(57)63)56-48-30-15-11-26-42(48)43-27-13-17-32-50(43)58(56)62-65-60(39-22-7-5-8-23-39)64-61(66-62)40-24-9-6-10-25-40/h3-38H,2H2,1H3/b21-3-. The number of allylic oxidation sites excluding steroid dienone is 5. The summed E-state index contributed by atoms with van der Waals surface area (Å²) >= 11 is 0. The minimum Gasteiger partial charge on any atom is -0.208 e. The fraction of sp³-hybridized carbons (Fsp3) is 0.0317. The molecule has 1 heterocycles. The highest BCUT2D eigenvalue weighted by Gasteiger charge is 2.53. The van der Waals surface area contributed by atoms with Crippen LogP contribution in [-0.2, 0) is 5.41 Å². The topological polar surface area (TPSA) is 38.7 Å². The maximum atomic E-state index is 5.42. The highest BCUT2D eigenvalue weighted by atomic mass is 15.0. The van der Waals surface area contributed by atoms with Gasteiger partial charge in [0.05, 0.1) is 5.41 Å². The minimum absolute atomic E-state index is 0.628. The maximum absolute atomic E-state index is 5.42. The molecule has 308 valence electrons. The molecule has 13 rings (SSSR count). The van der Waals surface area contributed by atoms with Crippen LogP contribution in [0.5, 0.6) is 0 Å². The zero-order chi connectivity index (χ0) is 43.9. The number of nitrogens with zero attached hydrogens (tertiary/aromatic N) is 3. The summed E-state index contributed by atoms with van der Waals surface area (Å²) in [6.45, 7) is 6.74. The van der Waals surface area contributed by atoms with Gasteiger partial charge >= 0.3 is 0 Å². The van der Waals surface area contributed by atoms with Crippen molar-refractivity contribution >= 4 is 48.7 Å².